The molecule has 2 aromatic rings. The van der Waals surface area contributed by atoms with Gasteiger partial charge in [-0.2, -0.15) is 0 Å². The number of carbonyl (C=O) groups excluding carboxylic acids is 2. The molecule has 2 N–H and O–H groups in total. The Labute approximate surface area is 145 Å². The van der Waals surface area contributed by atoms with Gasteiger partial charge in [0.05, 0.1) is 6.54 Å². The summed E-state index contributed by atoms with van der Waals surface area (Å²) in [5.74, 6) is -3.21. The van der Waals surface area contributed by atoms with Crippen molar-refractivity contribution < 1.29 is 18.4 Å². The second-order valence-corrected chi connectivity index (χ2v) is 6.66. The van der Waals surface area contributed by atoms with Crippen LogP contribution < -0.4 is 10.6 Å². The minimum Gasteiger partial charge on any atom is -0.343 e. The summed E-state index contributed by atoms with van der Waals surface area (Å²) in [6.07, 6.45) is 0. The quantitative estimate of drug-likeness (QED) is 0.888. The highest BCUT2D eigenvalue weighted by Gasteiger charge is 2.19. The number of hydrogen-bond acceptors (Lipinski definition) is 2. The van der Waals surface area contributed by atoms with E-state index in [4.69, 9.17) is 0 Å². The normalized spacial score (nSPS) is 11.1. The van der Waals surface area contributed by atoms with E-state index in [-0.39, 0.29) is 17.5 Å². The summed E-state index contributed by atoms with van der Waals surface area (Å²) in [4.78, 5) is 24.0. The number of halogens is 2. The molecule has 0 spiro atoms. The van der Waals surface area contributed by atoms with Crippen molar-refractivity contribution in [2.45, 2.75) is 26.2 Å². The molecule has 0 bridgehead atoms. The molecular weight excluding hydrogens is 326 g/mol. The smallest absolute Gasteiger partial charge is 0.251 e. The number of benzene rings is 2. The average Bonchev–Trinajstić information content (AvgIpc) is 2.54. The Morgan fingerprint density at radius 1 is 1.00 bits per heavy atom. The van der Waals surface area contributed by atoms with Crippen LogP contribution in [0.15, 0.2) is 42.5 Å². The van der Waals surface area contributed by atoms with Gasteiger partial charge in [0.1, 0.15) is 0 Å². The molecular formula is C19H20F2N2O2. The lowest BCUT2D eigenvalue weighted by atomic mass is 9.86. The Morgan fingerprint density at radius 2 is 1.68 bits per heavy atom. The lowest BCUT2D eigenvalue weighted by molar-refractivity contribution is -0.115. The Bertz CT molecular complexity index is 798. The van der Waals surface area contributed by atoms with E-state index in [2.05, 4.69) is 10.6 Å². The molecule has 2 aromatic carbocycles. The Kier molecular flexibility index (Phi) is 5.51. The molecule has 0 heterocycles. The topological polar surface area (TPSA) is 58.2 Å². The highest BCUT2D eigenvalue weighted by Crippen LogP contribution is 2.29. The van der Waals surface area contributed by atoms with Gasteiger partial charge in [0.15, 0.2) is 11.6 Å². The number of amides is 2. The first kappa shape index (κ1) is 18.6. The van der Waals surface area contributed by atoms with Crippen molar-refractivity contribution >= 4 is 17.5 Å². The van der Waals surface area contributed by atoms with Crippen LogP contribution in [0.4, 0.5) is 14.5 Å². The van der Waals surface area contributed by atoms with Crippen LogP contribution in [-0.2, 0) is 10.2 Å². The number of para-hydroxylation sites is 1. The van der Waals surface area contributed by atoms with Gasteiger partial charge < -0.3 is 10.6 Å². The molecule has 0 radical (unpaired) electrons. The zero-order valence-corrected chi connectivity index (χ0v) is 14.3. The SMILES string of the molecule is CC(C)(C)c1ccccc1NC(=O)CNC(=O)c1ccc(F)c(F)c1. The van der Waals surface area contributed by atoms with E-state index in [1.807, 2.05) is 39.0 Å². The molecule has 0 aromatic heterocycles. The van der Waals surface area contributed by atoms with E-state index in [0.717, 1.165) is 23.8 Å². The van der Waals surface area contributed by atoms with Gasteiger partial charge in [-0.05, 0) is 35.2 Å². The van der Waals surface area contributed by atoms with Gasteiger partial charge >= 0.3 is 0 Å². The first-order chi connectivity index (χ1) is 11.7. The van der Waals surface area contributed by atoms with E-state index < -0.39 is 23.4 Å². The third-order valence-corrected chi connectivity index (χ3v) is 3.60. The first-order valence-corrected chi connectivity index (χ1v) is 7.81. The minimum atomic E-state index is -1.11. The van der Waals surface area contributed by atoms with E-state index in [1.54, 1.807) is 6.07 Å². The van der Waals surface area contributed by atoms with Crippen molar-refractivity contribution in [2.75, 3.05) is 11.9 Å². The molecule has 0 aliphatic carbocycles. The number of nitrogens with one attached hydrogen (secondary N) is 2. The molecule has 0 aliphatic heterocycles. The number of hydrogen-bond donors (Lipinski definition) is 2. The summed E-state index contributed by atoms with van der Waals surface area (Å²) in [7, 11) is 0. The molecule has 0 fully saturated rings. The summed E-state index contributed by atoms with van der Waals surface area (Å²) >= 11 is 0. The number of carbonyl (C=O) groups is 2. The summed E-state index contributed by atoms with van der Waals surface area (Å²) in [5, 5.41) is 5.14. The van der Waals surface area contributed by atoms with Crippen molar-refractivity contribution in [3.8, 4) is 0 Å². The molecule has 0 saturated heterocycles. The van der Waals surface area contributed by atoms with Gasteiger partial charge in [0.2, 0.25) is 5.91 Å². The zero-order valence-electron chi connectivity index (χ0n) is 14.3. The first-order valence-electron chi connectivity index (χ1n) is 7.81. The zero-order chi connectivity index (χ0) is 18.6. The molecule has 0 unspecified atom stereocenters. The van der Waals surface area contributed by atoms with Crippen molar-refractivity contribution in [2.24, 2.45) is 0 Å². The highest BCUT2D eigenvalue weighted by molar-refractivity contribution is 5.99. The molecule has 2 amide bonds. The summed E-state index contributed by atoms with van der Waals surface area (Å²) in [5.41, 5.74) is 1.43. The maximum atomic E-state index is 13.1. The van der Waals surface area contributed by atoms with E-state index in [0.29, 0.717) is 5.69 Å². The molecule has 0 atom stereocenters. The molecule has 2 rings (SSSR count). The van der Waals surface area contributed by atoms with Crippen LogP contribution in [0.3, 0.4) is 0 Å². The van der Waals surface area contributed by atoms with Crippen molar-refractivity contribution in [3.05, 3.63) is 65.2 Å². The monoisotopic (exact) mass is 346 g/mol. The van der Waals surface area contributed by atoms with Gasteiger partial charge in [0.25, 0.3) is 5.91 Å². The third kappa shape index (κ3) is 4.86. The fourth-order valence-electron chi connectivity index (χ4n) is 2.34. The molecule has 6 heteroatoms. The second-order valence-electron chi connectivity index (χ2n) is 6.66. The van der Waals surface area contributed by atoms with Crippen LogP contribution >= 0.6 is 0 Å². The predicted molar refractivity (Wildman–Crippen MR) is 92.5 cm³/mol. The maximum absolute atomic E-state index is 13.1. The second kappa shape index (κ2) is 7.42. The lowest BCUT2D eigenvalue weighted by Gasteiger charge is -2.23. The number of rotatable bonds is 4. The fraction of sp³-hybridized carbons (Fsp3) is 0.263. The number of anilines is 1. The molecule has 0 saturated carbocycles. The predicted octanol–water partition coefficient (Wildman–Crippen LogP) is 3.63. The van der Waals surface area contributed by atoms with Gasteiger partial charge in [-0.25, -0.2) is 8.78 Å². The highest BCUT2D eigenvalue weighted by atomic mass is 19.2. The minimum absolute atomic E-state index is 0.0539. The van der Waals surface area contributed by atoms with Crippen LogP contribution in [0, 0.1) is 11.6 Å². The standard InChI is InChI=1S/C19H20F2N2O2/c1-19(2,3)13-6-4-5-7-16(13)23-17(24)11-22-18(25)12-8-9-14(20)15(21)10-12/h4-10H,11H2,1-3H3,(H,22,25)(H,23,24). The fourth-order valence-corrected chi connectivity index (χ4v) is 2.34. The van der Waals surface area contributed by atoms with E-state index in [1.165, 1.54) is 0 Å². The molecule has 25 heavy (non-hydrogen) atoms. The summed E-state index contributed by atoms with van der Waals surface area (Å²) < 4.78 is 26.0. The van der Waals surface area contributed by atoms with Crippen LogP contribution in [0.5, 0.6) is 0 Å². The van der Waals surface area contributed by atoms with Crippen LogP contribution in [0.1, 0.15) is 36.7 Å². The van der Waals surface area contributed by atoms with Crippen LogP contribution in [-0.4, -0.2) is 18.4 Å². The Balaban J connectivity index is 1.99. The summed E-state index contributed by atoms with van der Waals surface area (Å²) in [6, 6.07) is 10.2. The maximum Gasteiger partial charge on any atom is 0.251 e. The van der Waals surface area contributed by atoms with Gasteiger partial charge in [0, 0.05) is 11.3 Å². The molecule has 4 nitrogen and oxygen atoms in total. The summed E-state index contributed by atoms with van der Waals surface area (Å²) in [6.45, 7) is 5.81. The van der Waals surface area contributed by atoms with E-state index >= 15 is 0 Å². The van der Waals surface area contributed by atoms with Crippen molar-refractivity contribution in [1.82, 2.24) is 5.32 Å². The van der Waals surface area contributed by atoms with E-state index in [9.17, 15) is 18.4 Å². The Morgan fingerprint density at radius 3 is 2.32 bits per heavy atom. The van der Waals surface area contributed by atoms with Crippen molar-refractivity contribution in [3.63, 3.8) is 0 Å². The van der Waals surface area contributed by atoms with Crippen LogP contribution in [0.25, 0.3) is 0 Å². The van der Waals surface area contributed by atoms with Gasteiger partial charge in [-0.3, -0.25) is 9.59 Å². The largest absolute Gasteiger partial charge is 0.343 e. The average molecular weight is 346 g/mol. The van der Waals surface area contributed by atoms with Crippen LogP contribution in [0.2, 0.25) is 0 Å². The van der Waals surface area contributed by atoms with Gasteiger partial charge in [-0.15, -0.1) is 0 Å². The molecule has 132 valence electrons. The Hall–Kier alpha value is -2.76. The third-order valence-electron chi connectivity index (χ3n) is 3.60. The van der Waals surface area contributed by atoms with Crippen molar-refractivity contribution in [1.29, 1.82) is 0 Å². The lowest BCUT2D eigenvalue weighted by Crippen LogP contribution is -2.33. The molecule has 0 aliphatic rings. The van der Waals surface area contributed by atoms with Gasteiger partial charge in [-0.1, -0.05) is 39.0 Å².